The highest BCUT2D eigenvalue weighted by Crippen LogP contribution is 2.40. The van der Waals surface area contributed by atoms with Gasteiger partial charge in [0.25, 0.3) is 0 Å². The zero-order chi connectivity index (χ0) is 18.1. The van der Waals surface area contributed by atoms with Crippen molar-refractivity contribution in [2.45, 2.75) is 20.0 Å². The van der Waals surface area contributed by atoms with E-state index in [1.54, 1.807) is 12.1 Å². The first-order valence-electron chi connectivity index (χ1n) is 8.96. The van der Waals surface area contributed by atoms with Crippen LogP contribution in [0.1, 0.15) is 18.9 Å². The van der Waals surface area contributed by atoms with Crippen LogP contribution in [0.25, 0.3) is 0 Å². The molecule has 26 heavy (non-hydrogen) atoms. The zero-order valence-electron chi connectivity index (χ0n) is 14.7. The molecule has 1 aliphatic carbocycles. The number of imide groups is 1. The molecule has 3 atom stereocenters. The number of rotatable bonds is 4. The minimum Gasteiger partial charge on any atom is -0.489 e. The summed E-state index contributed by atoms with van der Waals surface area (Å²) < 4.78 is 5.78. The summed E-state index contributed by atoms with van der Waals surface area (Å²) in [5.74, 6) is 0.176. The Kier molecular flexibility index (Phi) is 4.33. The van der Waals surface area contributed by atoms with Crippen molar-refractivity contribution < 1.29 is 14.3 Å². The SMILES string of the molecule is C[C@@H]1C=CC[C@@H]2C(=O)N(c3ccc(OCc4ccccc4)cc3)C(=O)[C@@H]12. The summed E-state index contributed by atoms with van der Waals surface area (Å²) in [7, 11) is 0. The van der Waals surface area contributed by atoms with E-state index in [1.165, 1.54) is 4.90 Å². The highest BCUT2D eigenvalue weighted by atomic mass is 16.5. The Bertz CT molecular complexity index is 841. The largest absolute Gasteiger partial charge is 0.489 e. The van der Waals surface area contributed by atoms with Crippen molar-refractivity contribution in [1.29, 1.82) is 0 Å². The van der Waals surface area contributed by atoms with Gasteiger partial charge in [-0.15, -0.1) is 0 Å². The van der Waals surface area contributed by atoms with Crippen molar-refractivity contribution in [3.8, 4) is 5.75 Å². The smallest absolute Gasteiger partial charge is 0.238 e. The molecule has 0 bridgehead atoms. The number of hydrogen-bond donors (Lipinski definition) is 0. The van der Waals surface area contributed by atoms with Crippen LogP contribution in [-0.2, 0) is 16.2 Å². The third-order valence-corrected chi connectivity index (χ3v) is 5.22. The Morgan fingerprint density at radius 2 is 1.73 bits per heavy atom. The van der Waals surface area contributed by atoms with Gasteiger partial charge in [-0.05, 0) is 42.2 Å². The monoisotopic (exact) mass is 347 g/mol. The first-order chi connectivity index (χ1) is 12.6. The van der Waals surface area contributed by atoms with Crippen LogP contribution in [-0.4, -0.2) is 11.8 Å². The van der Waals surface area contributed by atoms with Gasteiger partial charge in [0.15, 0.2) is 0 Å². The van der Waals surface area contributed by atoms with Gasteiger partial charge in [-0.3, -0.25) is 14.5 Å². The molecule has 0 spiro atoms. The molecule has 1 aliphatic heterocycles. The summed E-state index contributed by atoms with van der Waals surface area (Å²) in [4.78, 5) is 26.9. The lowest BCUT2D eigenvalue weighted by Crippen LogP contribution is -2.31. The van der Waals surface area contributed by atoms with Gasteiger partial charge in [0, 0.05) is 0 Å². The fourth-order valence-corrected chi connectivity index (χ4v) is 3.83. The highest BCUT2D eigenvalue weighted by molar-refractivity contribution is 6.22. The number of carbonyl (C=O) groups is 2. The molecule has 4 rings (SSSR count). The Morgan fingerprint density at radius 1 is 1.00 bits per heavy atom. The van der Waals surface area contributed by atoms with Crippen molar-refractivity contribution in [3.05, 3.63) is 72.3 Å². The molecular weight excluding hydrogens is 326 g/mol. The van der Waals surface area contributed by atoms with Gasteiger partial charge in [-0.2, -0.15) is 0 Å². The molecule has 132 valence electrons. The maximum absolute atomic E-state index is 12.8. The second-order valence-electron chi connectivity index (χ2n) is 6.94. The lowest BCUT2D eigenvalue weighted by Gasteiger charge is -2.22. The predicted octanol–water partition coefficient (Wildman–Crippen LogP) is 3.97. The molecule has 1 saturated heterocycles. The molecule has 2 amide bonds. The van der Waals surface area contributed by atoms with Crippen LogP contribution in [0, 0.1) is 17.8 Å². The topological polar surface area (TPSA) is 46.6 Å². The van der Waals surface area contributed by atoms with Crippen molar-refractivity contribution in [3.63, 3.8) is 0 Å². The Hall–Kier alpha value is -2.88. The Labute approximate surface area is 153 Å². The minimum atomic E-state index is -0.235. The van der Waals surface area contributed by atoms with Gasteiger partial charge in [-0.1, -0.05) is 49.4 Å². The van der Waals surface area contributed by atoms with Crippen LogP contribution in [0.2, 0.25) is 0 Å². The lowest BCUT2D eigenvalue weighted by molar-refractivity contribution is -0.122. The summed E-state index contributed by atoms with van der Waals surface area (Å²) in [6.07, 6.45) is 4.70. The predicted molar refractivity (Wildman–Crippen MR) is 99.6 cm³/mol. The number of carbonyl (C=O) groups excluding carboxylic acids is 2. The van der Waals surface area contributed by atoms with Gasteiger partial charge in [-0.25, -0.2) is 0 Å². The van der Waals surface area contributed by atoms with Crippen LogP contribution < -0.4 is 9.64 Å². The van der Waals surface area contributed by atoms with Crippen LogP contribution in [0.4, 0.5) is 5.69 Å². The number of allylic oxidation sites excluding steroid dienone is 2. The molecule has 4 heteroatoms. The standard InChI is InChI=1S/C22H21NO3/c1-15-6-5-9-19-20(15)22(25)23(21(19)24)17-10-12-18(13-11-17)26-14-16-7-3-2-4-8-16/h2-8,10-13,15,19-20H,9,14H2,1H3/t15-,19+,20+/m1/s1. The third-order valence-electron chi connectivity index (χ3n) is 5.22. The van der Waals surface area contributed by atoms with Crippen molar-refractivity contribution in [1.82, 2.24) is 0 Å². The zero-order valence-corrected chi connectivity index (χ0v) is 14.7. The maximum Gasteiger partial charge on any atom is 0.238 e. The maximum atomic E-state index is 12.8. The number of nitrogens with zero attached hydrogens (tertiary/aromatic N) is 1. The van der Waals surface area contributed by atoms with E-state index in [1.807, 2.05) is 61.5 Å². The van der Waals surface area contributed by atoms with E-state index in [4.69, 9.17) is 4.74 Å². The molecule has 1 fully saturated rings. The molecule has 2 aromatic rings. The Balaban J connectivity index is 1.48. The molecule has 0 radical (unpaired) electrons. The first kappa shape index (κ1) is 16.6. The second-order valence-corrected chi connectivity index (χ2v) is 6.94. The average molecular weight is 347 g/mol. The number of ether oxygens (including phenoxy) is 1. The number of fused-ring (bicyclic) bond motifs is 1. The quantitative estimate of drug-likeness (QED) is 0.621. The fourth-order valence-electron chi connectivity index (χ4n) is 3.83. The molecule has 0 unspecified atom stereocenters. The number of hydrogen-bond acceptors (Lipinski definition) is 3. The van der Waals surface area contributed by atoms with E-state index in [-0.39, 0.29) is 29.6 Å². The van der Waals surface area contributed by atoms with E-state index < -0.39 is 0 Å². The second kappa shape index (κ2) is 6.79. The molecular formula is C22H21NO3. The van der Waals surface area contributed by atoms with Crippen LogP contribution in [0.5, 0.6) is 5.75 Å². The van der Waals surface area contributed by atoms with Crippen molar-refractivity contribution in [2.24, 2.45) is 17.8 Å². The molecule has 0 N–H and O–H groups in total. The molecule has 0 saturated carbocycles. The van der Waals surface area contributed by atoms with Crippen LogP contribution in [0.3, 0.4) is 0 Å². The normalized spacial score (nSPS) is 24.7. The number of benzene rings is 2. The minimum absolute atomic E-state index is 0.0881. The van der Waals surface area contributed by atoms with E-state index >= 15 is 0 Å². The van der Waals surface area contributed by atoms with E-state index in [0.717, 1.165) is 5.56 Å². The van der Waals surface area contributed by atoms with Gasteiger partial charge in [0.1, 0.15) is 12.4 Å². The lowest BCUT2D eigenvalue weighted by atomic mass is 9.78. The van der Waals surface area contributed by atoms with E-state index in [0.29, 0.717) is 24.5 Å². The summed E-state index contributed by atoms with van der Waals surface area (Å²) >= 11 is 0. The summed E-state index contributed by atoms with van der Waals surface area (Å²) in [6.45, 7) is 2.48. The fraction of sp³-hybridized carbons (Fsp3) is 0.273. The number of amides is 2. The van der Waals surface area contributed by atoms with E-state index in [9.17, 15) is 9.59 Å². The summed E-state index contributed by atoms with van der Waals surface area (Å²) in [6, 6.07) is 17.1. The molecule has 1 heterocycles. The van der Waals surface area contributed by atoms with Crippen LogP contribution >= 0.6 is 0 Å². The number of anilines is 1. The van der Waals surface area contributed by atoms with Gasteiger partial charge >= 0.3 is 0 Å². The first-order valence-corrected chi connectivity index (χ1v) is 8.96. The van der Waals surface area contributed by atoms with Crippen molar-refractivity contribution in [2.75, 3.05) is 4.90 Å². The highest BCUT2D eigenvalue weighted by Gasteiger charge is 2.50. The van der Waals surface area contributed by atoms with Gasteiger partial charge in [0.2, 0.25) is 11.8 Å². The molecule has 4 nitrogen and oxygen atoms in total. The summed E-state index contributed by atoms with van der Waals surface area (Å²) in [5.41, 5.74) is 1.71. The summed E-state index contributed by atoms with van der Waals surface area (Å²) in [5, 5.41) is 0. The van der Waals surface area contributed by atoms with E-state index in [2.05, 4.69) is 0 Å². The third kappa shape index (κ3) is 2.92. The van der Waals surface area contributed by atoms with Crippen molar-refractivity contribution >= 4 is 17.5 Å². The van der Waals surface area contributed by atoms with Gasteiger partial charge < -0.3 is 4.74 Å². The molecule has 0 aromatic heterocycles. The Morgan fingerprint density at radius 3 is 2.42 bits per heavy atom. The average Bonchev–Trinajstić information content (AvgIpc) is 2.93. The van der Waals surface area contributed by atoms with Crippen LogP contribution in [0.15, 0.2) is 66.7 Å². The molecule has 2 aromatic carbocycles. The van der Waals surface area contributed by atoms with Gasteiger partial charge in [0.05, 0.1) is 17.5 Å². The molecule has 2 aliphatic rings.